The first kappa shape index (κ1) is 24.1. The minimum absolute atomic E-state index is 0.0774. The van der Waals surface area contributed by atoms with Crippen molar-refractivity contribution < 1.29 is 19.2 Å². The van der Waals surface area contributed by atoms with Gasteiger partial charge in [-0.3, -0.25) is 30.0 Å². The highest BCUT2D eigenvalue weighted by Gasteiger charge is 2.20. The van der Waals surface area contributed by atoms with Crippen molar-refractivity contribution >= 4 is 51.5 Å². The number of anilines is 2. The molecule has 2 N–H and O–H groups in total. The van der Waals surface area contributed by atoms with Crippen LogP contribution in [0.15, 0.2) is 46.9 Å². The average Bonchev–Trinajstić information content (AvgIpc) is 3.25. The number of esters is 1. The van der Waals surface area contributed by atoms with E-state index in [-0.39, 0.29) is 39.8 Å². The molecule has 1 atom stereocenters. The van der Waals surface area contributed by atoms with Gasteiger partial charge in [-0.15, -0.1) is 10.2 Å². The van der Waals surface area contributed by atoms with Gasteiger partial charge in [0.05, 0.1) is 29.0 Å². The lowest BCUT2D eigenvalue weighted by Crippen LogP contribution is -2.13. The van der Waals surface area contributed by atoms with E-state index in [9.17, 15) is 19.7 Å². The minimum atomic E-state index is -0.569. The van der Waals surface area contributed by atoms with E-state index < -0.39 is 10.8 Å². The normalized spacial score (nSPS) is 11.5. The van der Waals surface area contributed by atoms with Crippen molar-refractivity contribution in [2.45, 2.75) is 24.2 Å². The summed E-state index contributed by atoms with van der Waals surface area (Å²) in [6.45, 7) is 3.84. The standard InChI is InChI=1S/C20H20N6O5S2/c1-3-31-17(27)11-32-20-25-24-19(33-20)23-18(28)13-7-8-15(16(10-13)26(29)30)22-12(2)14-6-4-5-9-21-14/h4-10,12,22H,3,11H2,1-2H3,(H,23,24,28). The summed E-state index contributed by atoms with van der Waals surface area (Å²) in [5.74, 6) is -0.865. The van der Waals surface area contributed by atoms with Crippen molar-refractivity contribution in [3.05, 3.63) is 64.0 Å². The second-order valence-electron chi connectivity index (χ2n) is 6.53. The second-order valence-corrected chi connectivity index (χ2v) is 8.73. The zero-order chi connectivity index (χ0) is 23.8. The first-order chi connectivity index (χ1) is 15.9. The van der Waals surface area contributed by atoms with E-state index in [2.05, 4.69) is 25.8 Å². The molecule has 0 aliphatic rings. The van der Waals surface area contributed by atoms with Crippen molar-refractivity contribution in [1.29, 1.82) is 0 Å². The zero-order valence-electron chi connectivity index (χ0n) is 17.7. The number of pyridine rings is 1. The van der Waals surface area contributed by atoms with E-state index in [0.29, 0.717) is 10.9 Å². The lowest BCUT2D eigenvalue weighted by atomic mass is 10.1. The Kier molecular flexibility index (Phi) is 8.27. The molecule has 0 fully saturated rings. The molecule has 0 bridgehead atoms. The Hall–Kier alpha value is -3.58. The van der Waals surface area contributed by atoms with Crippen LogP contribution < -0.4 is 10.6 Å². The first-order valence-corrected chi connectivity index (χ1v) is 11.6. The number of thioether (sulfide) groups is 1. The van der Waals surface area contributed by atoms with Crippen LogP contribution in [-0.2, 0) is 9.53 Å². The van der Waals surface area contributed by atoms with Crippen molar-refractivity contribution in [2.24, 2.45) is 0 Å². The fraction of sp³-hybridized carbons (Fsp3) is 0.250. The number of nitrogens with one attached hydrogen (secondary N) is 2. The van der Waals surface area contributed by atoms with E-state index >= 15 is 0 Å². The zero-order valence-corrected chi connectivity index (χ0v) is 19.3. The number of benzene rings is 1. The number of ether oxygens (including phenoxy) is 1. The van der Waals surface area contributed by atoms with Gasteiger partial charge < -0.3 is 10.1 Å². The van der Waals surface area contributed by atoms with Gasteiger partial charge in [-0.05, 0) is 38.1 Å². The SMILES string of the molecule is CCOC(=O)CSc1nnc(NC(=O)c2ccc(NC(C)c3ccccn3)c([N+](=O)[O-])c2)s1. The molecule has 1 unspecified atom stereocenters. The van der Waals surface area contributed by atoms with Crippen LogP contribution in [0, 0.1) is 10.1 Å². The number of nitro benzene ring substituents is 1. The molecule has 0 saturated heterocycles. The first-order valence-electron chi connectivity index (χ1n) is 9.76. The fourth-order valence-electron chi connectivity index (χ4n) is 2.70. The lowest BCUT2D eigenvalue weighted by Gasteiger charge is -2.15. The Morgan fingerprint density at radius 2 is 2.09 bits per heavy atom. The van der Waals surface area contributed by atoms with Crippen molar-refractivity contribution in [3.63, 3.8) is 0 Å². The van der Waals surface area contributed by atoms with E-state index in [4.69, 9.17) is 4.74 Å². The highest BCUT2D eigenvalue weighted by molar-refractivity contribution is 8.01. The molecule has 11 nitrogen and oxygen atoms in total. The number of hydrogen-bond donors (Lipinski definition) is 2. The van der Waals surface area contributed by atoms with E-state index in [1.165, 1.54) is 18.2 Å². The number of nitrogens with zero attached hydrogens (tertiary/aromatic N) is 4. The van der Waals surface area contributed by atoms with E-state index in [0.717, 1.165) is 28.8 Å². The largest absolute Gasteiger partial charge is 0.465 e. The Morgan fingerprint density at radius 1 is 1.27 bits per heavy atom. The van der Waals surface area contributed by atoms with Crippen molar-refractivity contribution in [2.75, 3.05) is 23.0 Å². The van der Waals surface area contributed by atoms with Gasteiger partial charge in [-0.1, -0.05) is 29.2 Å². The summed E-state index contributed by atoms with van der Waals surface area (Å²) in [6, 6.07) is 9.30. The summed E-state index contributed by atoms with van der Waals surface area (Å²) in [6.07, 6.45) is 1.64. The number of hydrogen-bond acceptors (Lipinski definition) is 11. The van der Waals surface area contributed by atoms with Gasteiger partial charge in [-0.25, -0.2) is 0 Å². The van der Waals surface area contributed by atoms with Gasteiger partial charge in [0.1, 0.15) is 5.69 Å². The molecule has 0 aliphatic heterocycles. The number of rotatable bonds is 10. The van der Waals surface area contributed by atoms with Crippen LogP contribution >= 0.6 is 23.1 Å². The third-order valence-electron chi connectivity index (χ3n) is 4.21. The molecule has 0 spiro atoms. The lowest BCUT2D eigenvalue weighted by molar-refractivity contribution is -0.384. The molecule has 13 heteroatoms. The summed E-state index contributed by atoms with van der Waals surface area (Å²) in [5, 5.41) is 25.2. The average molecular weight is 489 g/mol. The summed E-state index contributed by atoms with van der Waals surface area (Å²) in [5.41, 5.74) is 0.840. The molecule has 0 saturated carbocycles. The van der Waals surface area contributed by atoms with Gasteiger partial charge in [0.15, 0.2) is 4.34 Å². The van der Waals surface area contributed by atoms with Crippen LogP contribution in [0.2, 0.25) is 0 Å². The van der Waals surface area contributed by atoms with Crippen LogP contribution in [0.25, 0.3) is 0 Å². The van der Waals surface area contributed by atoms with Crippen LogP contribution in [0.4, 0.5) is 16.5 Å². The van der Waals surface area contributed by atoms with Gasteiger partial charge in [0, 0.05) is 17.8 Å². The Bertz CT molecular complexity index is 1140. The summed E-state index contributed by atoms with van der Waals surface area (Å²) in [4.78, 5) is 39.3. The van der Waals surface area contributed by atoms with Gasteiger partial charge in [-0.2, -0.15) is 0 Å². The highest BCUT2D eigenvalue weighted by Crippen LogP contribution is 2.30. The molecule has 2 aromatic heterocycles. The molecular weight excluding hydrogens is 468 g/mol. The molecular formula is C20H20N6O5S2. The molecule has 33 heavy (non-hydrogen) atoms. The molecule has 0 aliphatic carbocycles. The van der Waals surface area contributed by atoms with Gasteiger partial charge >= 0.3 is 5.97 Å². The van der Waals surface area contributed by atoms with Crippen LogP contribution in [-0.4, -0.2) is 44.3 Å². The Balaban J connectivity index is 1.68. The summed E-state index contributed by atoms with van der Waals surface area (Å²) >= 11 is 2.22. The molecule has 1 amide bonds. The topological polar surface area (TPSA) is 149 Å². The predicted molar refractivity (Wildman–Crippen MR) is 125 cm³/mol. The molecule has 3 aromatic rings. The quantitative estimate of drug-likeness (QED) is 0.141. The number of amides is 1. The molecule has 3 rings (SSSR count). The summed E-state index contributed by atoms with van der Waals surface area (Å²) in [7, 11) is 0. The maximum Gasteiger partial charge on any atom is 0.316 e. The smallest absolute Gasteiger partial charge is 0.316 e. The maximum atomic E-state index is 12.6. The van der Waals surface area contributed by atoms with Crippen molar-refractivity contribution in [1.82, 2.24) is 15.2 Å². The Morgan fingerprint density at radius 3 is 2.79 bits per heavy atom. The number of carbonyl (C=O) groups is 2. The molecule has 172 valence electrons. The molecule has 2 heterocycles. The third kappa shape index (κ3) is 6.70. The number of carbonyl (C=O) groups excluding carboxylic acids is 2. The van der Waals surface area contributed by atoms with Gasteiger partial charge in [0.25, 0.3) is 11.6 Å². The maximum absolute atomic E-state index is 12.6. The van der Waals surface area contributed by atoms with Crippen LogP contribution in [0.3, 0.4) is 0 Å². The van der Waals surface area contributed by atoms with E-state index in [1.54, 1.807) is 19.2 Å². The fourth-order valence-corrected chi connectivity index (χ4v) is 4.24. The van der Waals surface area contributed by atoms with Gasteiger partial charge in [0.2, 0.25) is 5.13 Å². The number of aromatic nitrogens is 3. The molecule has 0 radical (unpaired) electrons. The van der Waals surface area contributed by atoms with Crippen LogP contribution in [0.5, 0.6) is 0 Å². The van der Waals surface area contributed by atoms with Crippen LogP contribution in [0.1, 0.15) is 35.9 Å². The minimum Gasteiger partial charge on any atom is -0.465 e. The summed E-state index contributed by atoms with van der Waals surface area (Å²) < 4.78 is 5.32. The predicted octanol–water partition coefficient (Wildman–Crippen LogP) is 3.92. The number of nitro groups is 1. The highest BCUT2D eigenvalue weighted by atomic mass is 32.2. The van der Waals surface area contributed by atoms with E-state index in [1.807, 2.05) is 19.1 Å². The monoisotopic (exact) mass is 488 g/mol. The molecule has 1 aromatic carbocycles. The van der Waals surface area contributed by atoms with Crippen molar-refractivity contribution in [3.8, 4) is 0 Å². The third-order valence-corrected chi connectivity index (χ3v) is 6.15. The second kappa shape index (κ2) is 11.3. The Labute approximate surface area is 197 Å².